The Bertz CT molecular complexity index is 1230. The average Bonchev–Trinajstić information content (AvgIpc) is 3.41. The minimum atomic E-state index is -0.168. The molecule has 8 nitrogen and oxygen atoms in total. The number of aryl methyl sites for hydroxylation is 1. The molecule has 0 amide bonds. The highest BCUT2D eigenvalue weighted by Gasteiger charge is 2.18. The van der Waals surface area contributed by atoms with Crippen molar-refractivity contribution in [1.29, 1.82) is 10.7 Å². The van der Waals surface area contributed by atoms with Crippen LogP contribution in [0.15, 0.2) is 58.6 Å². The number of nitrogens with two attached hydrogens (primary N) is 1. The van der Waals surface area contributed by atoms with Gasteiger partial charge in [-0.05, 0) is 23.8 Å². The van der Waals surface area contributed by atoms with Crippen LogP contribution in [0.25, 0.3) is 22.2 Å². The van der Waals surface area contributed by atoms with E-state index in [2.05, 4.69) is 26.0 Å². The van der Waals surface area contributed by atoms with E-state index in [0.29, 0.717) is 31.1 Å². The van der Waals surface area contributed by atoms with E-state index >= 15 is 0 Å². The number of nitrogens with one attached hydrogen (secondary N) is 2. The predicted molar refractivity (Wildman–Crippen MR) is 129 cm³/mol. The minimum absolute atomic E-state index is 0.168. The molecule has 162 valence electrons. The van der Waals surface area contributed by atoms with Gasteiger partial charge in [-0.25, -0.2) is 5.01 Å². The van der Waals surface area contributed by atoms with Gasteiger partial charge in [0.25, 0.3) is 0 Å². The third kappa shape index (κ3) is 4.43. The quantitative estimate of drug-likeness (QED) is 0.292. The topological polar surface area (TPSA) is 119 Å². The van der Waals surface area contributed by atoms with Crippen molar-refractivity contribution in [3.05, 3.63) is 59.1 Å². The van der Waals surface area contributed by atoms with Crippen LogP contribution < -0.4 is 11.1 Å². The number of hydrogen-bond donors (Lipinski definition) is 3. The fraction of sp³-hybridized carbons (Fsp3) is 0.217. The number of hydrazone groups is 1. The largest absolute Gasteiger partial charge is 0.370 e. The molecule has 0 fully saturated rings. The van der Waals surface area contributed by atoms with E-state index in [4.69, 9.17) is 22.7 Å². The third-order valence-electron chi connectivity index (χ3n) is 5.22. The lowest BCUT2D eigenvalue weighted by Crippen LogP contribution is -2.39. The Kier molecular flexibility index (Phi) is 6.38. The molecule has 0 atom stereocenters. The molecule has 2 heterocycles. The zero-order chi connectivity index (χ0) is 22.5. The van der Waals surface area contributed by atoms with Gasteiger partial charge in [0, 0.05) is 34.6 Å². The highest BCUT2D eigenvalue weighted by Crippen LogP contribution is 2.34. The first-order valence-corrected chi connectivity index (χ1v) is 10.6. The van der Waals surface area contributed by atoms with Gasteiger partial charge in [0.2, 0.25) is 5.96 Å². The number of hydrogen-bond acceptors (Lipinski definition) is 5. The van der Waals surface area contributed by atoms with Crippen LogP contribution in [0, 0.1) is 16.7 Å². The summed E-state index contributed by atoms with van der Waals surface area (Å²) in [5.41, 5.74) is 9.56. The molecule has 0 aliphatic carbocycles. The highest BCUT2D eigenvalue weighted by atomic mass is 35.5. The molecule has 0 saturated heterocycles. The number of aliphatic imine (C=N–C) groups is 1. The number of rotatable bonds is 7. The first-order valence-electron chi connectivity index (χ1n) is 10.3. The van der Waals surface area contributed by atoms with Crippen molar-refractivity contribution in [2.45, 2.75) is 13.0 Å². The Morgan fingerprint density at radius 3 is 2.78 bits per heavy atom. The van der Waals surface area contributed by atoms with Crippen molar-refractivity contribution in [1.82, 2.24) is 14.9 Å². The summed E-state index contributed by atoms with van der Waals surface area (Å²) in [4.78, 5) is 4.36. The first kappa shape index (κ1) is 21.4. The molecule has 3 aromatic rings. The monoisotopic (exact) mass is 446 g/mol. The normalized spacial score (nSPS) is 13.2. The van der Waals surface area contributed by atoms with Crippen LogP contribution >= 0.6 is 11.6 Å². The number of guanidine groups is 1. The lowest BCUT2D eigenvalue weighted by molar-refractivity contribution is 0.497. The molecule has 4 rings (SSSR count). The fourth-order valence-corrected chi connectivity index (χ4v) is 3.91. The molecule has 0 spiro atoms. The van der Waals surface area contributed by atoms with E-state index < -0.39 is 0 Å². The van der Waals surface area contributed by atoms with E-state index in [1.807, 2.05) is 48.5 Å². The Hall–Kier alpha value is -3.83. The predicted octanol–water partition coefficient (Wildman–Crippen LogP) is 3.41. The van der Waals surface area contributed by atoms with E-state index in [-0.39, 0.29) is 5.96 Å². The maximum absolute atomic E-state index is 9.21. The van der Waals surface area contributed by atoms with Crippen LogP contribution in [0.4, 0.5) is 0 Å². The lowest BCUT2D eigenvalue weighted by Gasteiger charge is -2.17. The SMILES string of the molecule is N#CCCn1c(-c2ccc(Cl)cc2)c(/C=N/N(CC2=NCCN2)C(=N)N)c2ccccc21. The number of amidine groups is 1. The summed E-state index contributed by atoms with van der Waals surface area (Å²) >= 11 is 6.12. The van der Waals surface area contributed by atoms with Crippen LogP contribution in [0.3, 0.4) is 0 Å². The minimum Gasteiger partial charge on any atom is -0.370 e. The molecule has 1 aromatic heterocycles. The maximum Gasteiger partial charge on any atom is 0.209 e. The van der Waals surface area contributed by atoms with Gasteiger partial charge in [0.15, 0.2) is 0 Å². The van der Waals surface area contributed by atoms with E-state index in [1.54, 1.807) is 6.21 Å². The molecule has 9 heteroatoms. The first-order chi connectivity index (χ1) is 15.6. The lowest BCUT2D eigenvalue weighted by atomic mass is 10.1. The Labute approximate surface area is 191 Å². The molecular weight excluding hydrogens is 424 g/mol. The third-order valence-corrected chi connectivity index (χ3v) is 5.47. The highest BCUT2D eigenvalue weighted by molar-refractivity contribution is 6.30. The zero-order valence-corrected chi connectivity index (χ0v) is 18.2. The molecule has 0 bridgehead atoms. The average molecular weight is 447 g/mol. The Morgan fingerprint density at radius 1 is 1.31 bits per heavy atom. The molecule has 32 heavy (non-hydrogen) atoms. The second-order valence-electron chi connectivity index (χ2n) is 7.29. The number of nitriles is 1. The molecule has 1 aliphatic heterocycles. The summed E-state index contributed by atoms with van der Waals surface area (Å²) in [6.07, 6.45) is 2.10. The second-order valence-corrected chi connectivity index (χ2v) is 7.73. The summed E-state index contributed by atoms with van der Waals surface area (Å²) in [7, 11) is 0. The van der Waals surface area contributed by atoms with Crippen molar-refractivity contribution >= 4 is 40.5 Å². The summed E-state index contributed by atoms with van der Waals surface area (Å²) in [6.45, 7) is 2.32. The second kappa shape index (κ2) is 9.54. The standard InChI is InChI=1S/C23H23ClN8/c24-17-8-6-16(7-9-17)22-19(14-30-32(23(26)27)15-21-28-11-12-29-21)18-4-1-2-5-20(18)31(22)13-3-10-25/h1-2,4-9,14H,3,11-13,15H2,(H3,26,27)(H,28,29)/b30-14+. The zero-order valence-electron chi connectivity index (χ0n) is 17.4. The van der Waals surface area contributed by atoms with Gasteiger partial charge >= 0.3 is 0 Å². The molecule has 0 saturated carbocycles. The van der Waals surface area contributed by atoms with E-state index in [9.17, 15) is 5.26 Å². The Balaban J connectivity index is 1.84. The number of para-hydroxylation sites is 1. The molecule has 4 N–H and O–H groups in total. The van der Waals surface area contributed by atoms with Crippen LogP contribution in [0.1, 0.15) is 12.0 Å². The van der Waals surface area contributed by atoms with Crippen molar-refractivity contribution in [3.63, 3.8) is 0 Å². The van der Waals surface area contributed by atoms with E-state index in [0.717, 1.165) is 40.1 Å². The van der Waals surface area contributed by atoms with Gasteiger partial charge in [0.1, 0.15) is 12.4 Å². The molecule has 0 unspecified atom stereocenters. The molecular formula is C23H23ClN8. The number of halogens is 1. The van der Waals surface area contributed by atoms with Crippen LogP contribution in [-0.2, 0) is 6.54 Å². The van der Waals surface area contributed by atoms with Crippen LogP contribution in [0.5, 0.6) is 0 Å². The van der Waals surface area contributed by atoms with Gasteiger partial charge < -0.3 is 15.6 Å². The molecule has 2 aromatic carbocycles. The van der Waals surface area contributed by atoms with Gasteiger partial charge in [-0.3, -0.25) is 10.4 Å². The van der Waals surface area contributed by atoms with Gasteiger partial charge in [-0.15, -0.1) is 0 Å². The van der Waals surface area contributed by atoms with Crippen molar-refractivity contribution in [2.24, 2.45) is 15.8 Å². The summed E-state index contributed by atoms with van der Waals surface area (Å²) in [6, 6.07) is 17.8. The maximum atomic E-state index is 9.21. The van der Waals surface area contributed by atoms with Gasteiger partial charge in [-0.1, -0.05) is 41.9 Å². The number of fused-ring (bicyclic) bond motifs is 1. The number of nitrogens with zero attached hydrogens (tertiary/aromatic N) is 5. The smallest absolute Gasteiger partial charge is 0.209 e. The van der Waals surface area contributed by atoms with Crippen LogP contribution in [0.2, 0.25) is 5.02 Å². The van der Waals surface area contributed by atoms with E-state index in [1.165, 1.54) is 5.01 Å². The van der Waals surface area contributed by atoms with Gasteiger partial charge in [-0.2, -0.15) is 10.4 Å². The summed E-state index contributed by atoms with van der Waals surface area (Å²) in [5, 5.41) is 27.9. The summed E-state index contributed by atoms with van der Waals surface area (Å²) < 4.78 is 2.13. The fourth-order valence-electron chi connectivity index (χ4n) is 3.78. The van der Waals surface area contributed by atoms with Crippen molar-refractivity contribution in [2.75, 3.05) is 19.6 Å². The Morgan fingerprint density at radius 2 is 2.09 bits per heavy atom. The van der Waals surface area contributed by atoms with Gasteiger partial charge in [0.05, 0.1) is 30.9 Å². The van der Waals surface area contributed by atoms with Crippen molar-refractivity contribution in [3.8, 4) is 17.3 Å². The van der Waals surface area contributed by atoms with Crippen LogP contribution in [-0.4, -0.2) is 47.2 Å². The molecule has 0 radical (unpaired) electrons. The molecule has 1 aliphatic rings. The number of benzene rings is 2. The summed E-state index contributed by atoms with van der Waals surface area (Å²) in [5.74, 6) is 0.589. The number of aromatic nitrogens is 1. The van der Waals surface area contributed by atoms with Crippen molar-refractivity contribution < 1.29 is 0 Å².